The number of thioether (sulfide) groups is 1. The summed E-state index contributed by atoms with van der Waals surface area (Å²) in [6.07, 6.45) is 4.98. The number of rotatable bonds is 11. The quantitative estimate of drug-likeness (QED) is 0.199. The number of fused-ring (bicyclic) bond motifs is 1. The van der Waals surface area contributed by atoms with Gasteiger partial charge in [-0.05, 0) is 80.4 Å². The number of nitrogens with one attached hydrogen (secondary N) is 1. The molecule has 0 radical (unpaired) electrons. The molecule has 9 heteroatoms. The number of halogens is 1. The summed E-state index contributed by atoms with van der Waals surface area (Å²) in [4.78, 5) is 19.5. The van der Waals surface area contributed by atoms with Gasteiger partial charge in [-0.1, -0.05) is 6.07 Å². The van der Waals surface area contributed by atoms with Gasteiger partial charge in [-0.15, -0.1) is 23.1 Å². The van der Waals surface area contributed by atoms with Crippen LogP contribution in [-0.4, -0.2) is 53.5 Å². The summed E-state index contributed by atoms with van der Waals surface area (Å²) in [7, 11) is 1.61. The number of benzene rings is 1. The van der Waals surface area contributed by atoms with Gasteiger partial charge in [-0.25, -0.2) is 9.87 Å². The number of alkyl halides is 1. The molecule has 1 fully saturated rings. The minimum atomic E-state index is -0.609. The van der Waals surface area contributed by atoms with Crippen LogP contribution in [0.15, 0.2) is 46.1 Å². The van der Waals surface area contributed by atoms with E-state index in [1.807, 2.05) is 35.4 Å². The Labute approximate surface area is 213 Å². The molecule has 2 N–H and O–H groups in total. The molecule has 188 valence electrons. The molecular formula is C26H32FN3O3S2. The molecule has 0 bridgehead atoms. The Balaban J connectivity index is 1.39. The van der Waals surface area contributed by atoms with Crippen LogP contribution in [0.4, 0.5) is 4.39 Å². The molecule has 2 aromatic heterocycles. The highest BCUT2D eigenvalue weighted by Crippen LogP contribution is 2.38. The molecule has 0 saturated carbocycles. The van der Waals surface area contributed by atoms with E-state index >= 15 is 0 Å². The van der Waals surface area contributed by atoms with Gasteiger partial charge < -0.3 is 9.64 Å². The van der Waals surface area contributed by atoms with E-state index in [0.29, 0.717) is 43.4 Å². The van der Waals surface area contributed by atoms with Gasteiger partial charge in [0, 0.05) is 29.4 Å². The average Bonchev–Trinajstić information content (AvgIpc) is 3.42. The molecule has 0 aliphatic carbocycles. The van der Waals surface area contributed by atoms with Gasteiger partial charge in [0.2, 0.25) is 5.91 Å². The summed E-state index contributed by atoms with van der Waals surface area (Å²) in [5.74, 6) is 1.42. The van der Waals surface area contributed by atoms with E-state index in [4.69, 9.17) is 4.74 Å². The van der Waals surface area contributed by atoms with Crippen molar-refractivity contribution in [3.8, 4) is 5.75 Å². The summed E-state index contributed by atoms with van der Waals surface area (Å²) in [5.41, 5.74) is 3.60. The van der Waals surface area contributed by atoms with Crippen LogP contribution in [0.3, 0.4) is 0 Å². The van der Waals surface area contributed by atoms with E-state index in [0.717, 1.165) is 41.9 Å². The number of carbonyl (C=O) groups is 1. The molecule has 1 aliphatic heterocycles. The highest BCUT2D eigenvalue weighted by Gasteiger charge is 2.40. The molecule has 35 heavy (non-hydrogen) atoms. The summed E-state index contributed by atoms with van der Waals surface area (Å²) in [5, 5.41) is 12.5. The topological polar surface area (TPSA) is 74.7 Å². The minimum Gasteiger partial charge on any atom is -0.497 e. The van der Waals surface area contributed by atoms with E-state index in [1.54, 1.807) is 24.6 Å². The number of pyridine rings is 1. The Bertz CT molecular complexity index is 1110. The standard InChI is InChI=1S/C26H32FN3O3S2/c1-33-20-6-7-23-22(16-20)21(19(17-27)18-28-23)4-2-8-26(25(31)29-32)9-11-30(12-10-26)13-15-35-24-5-3-14-34-24/h3,5-7,14,16,18,32H,2,4,8-13,15,17H2,1H3,(H,29,31). The third-order valence-electron chi connectivity index (χ3n) is 7.05. The predicted molar refractivity (Wildman–Crippen MR) is 139 cm³/mol. The molecule has 3 aromatic rings. The Morgan fingerprint density at radius 3 is 2.86 bits per heavy atom. The molecule has 3 heterocycles. The van der Waals surface area contributed by atoms with Crippen molar-refractivity contribution in [2.75, 3.05) is 32.5 Å². The Hall–Kier alpha value is -2.20. The Kier molecular flexibility index (Phi) is 8.99. The number of thiophene rings is 1. The fourth-order valence-corrected chi connectivity index (χ4v) is 6.81. The minimum absolute atomic E-state index is 0.308. The molecule has 4 rings (SSSR count). The van der Waals surface area contributed by atoms with E-state index in [-0.39, 0.29) is 5.91 Å². The summed E-state index contributed by atoms with van der Waals surface area (Å²) < 4.78 is 20.5. The number of hydrogen-bond acceptors (Lipinski definition) is 7. The average molecular weight is 518 g/mol. The molecule has 6 nitrogen and oxygen atoms in total. The molecule has 1 amide bonds. The summed E-state index contributed by atoms with van der Waals surface area (Å²) in [6, 6.07) is 9.84. The Morgan fingerprint density at radius 2 is 2.17 bits per heavy atom. The Morgan fingerprint density at radius 1 is 1.34 bits per heavy atom. The molecule has 0 spiro atoms. The van der Waals surface area contributed by atoms with Crippen molar-refractivity contribution in [1.29, 1.82) is 0 Å². The SMILES string of the molecule is COc1ccc2ncc(CF)c(CCCC3(C(=O)NO)CCN(CCSc4cccs4)CC3)c2c1. The van der Waals surface area contributed by atoms with Gasteiger partial charge in [0.15, 0.2) is 0 Å². The first-order chi connectivity index (χ1) is 17.1. The number of aryl methyl sites for hydroxylation is 1. The van der Waals surface area contributed by atoms with Gasteiger partial charge in [-0.3, -0.25) is 15.0 Å². The summed E-state index contributed by atoms with van der Waals surface area (Å²) >= 11 is 3.62. The zero-order valence-electron chi connectivity index (χ0n) is 20.0. The zero-order valence-corrected chi connectivity index (χ0v) is 21.6. The van der Waals surface area contributed by atoms with Crippen molar-refractivity contribution >= 4 is 39.9 Å². The molecule has 1 aromatic carbocycles. The van der Waals surface area contributed by atoms with E-state index < -0.39 is 12.1 Å². The van der Waals surface area contributed by atoms with Crippen LogP contribution in [0, 0.1) is 5.41 Å². The second-order valence-electron chi connectivity index (χ2n) is 8.98. The van der Waals surface area contributed by atoms with Gasteiger partial charge in [0.05, 0.1) is 22.3 Å². The van der Waals surface area contributed by atoms with Crippen molar-refractivity contribution in [3.05, 3.63) is 53.0 Å². The fraction of sp³-hybridized carbons (Fsp3) is 0.462. The van der Waals surface area contributed by atoms with Gasteiger partial charge in [0.25, 0.3) is 0 Å². The van der Waals surface area contributed by atoms with Crippen molar-refractivity contribution in [3.63, 3.8) is 0 Å². The van der Waals surface area contributed by atoms with E-state index in [9.17, 15) is 14.4 Å². The lowest BCUT2D eigenvalue weighted by atomic mass is 9.73. The first-order valence-corrected chi connectivity index (χ1v) is 13.8. The highest BCUT2D eigenvalue weighted by atomic mass is 32.2. The molecule has 1 saturated heterocycles. The molecule has 0 unspecified atom stereocenters. The van der Waals surface area contributed by atoms with E-state index in [2.05, 4.69) is 27.4 Å². The van der Waals surface area contributed by atoms with Crippen molar-refractivity contribution in [1.82, 2.24) is 15.4 Å². The zero-order chi connectivity index (χ0) is 24.7. The van der Waals surface area contributed by atoms with Crippen LogP contribution in [0.5, 0.6) is 5.75 Å². The van der Waals surface area contributed by atoms with Crippen LogP contribution >= 0.6 is 23.1 Å². The fourth-order valence-electron chi connectivity index (χ4n) is 4.94. The third-order valence-corrected chi connectivity index (χ3v) is 9.16. The molecular weight excluding hydrogens is 485 g/mol. The highest BCUT2D eigenvalue weighted by molar-refractivity contribution is 8.01. The second-order valence-corrected chi connectivity index (χ2v) is 11.3. The smallest absolute Gasteiger partial charge is 0.249 e. The van der Waals surface area contributed by atoms with Crippen LogP contribution in [0.1, 0.15) is 36.8 Å². The van der Waals surface area contributed by atoms with Crippen molar-refractivity contribution in [2.45, 2.75) is 43.0 Å². The number of hydroxylamine groups is 1. The first-order valence-electron chi connectivity index (χ1n) is 11.9. The predicted octanol–water partition coefficient (Wildman–Crippen LogP) is 5.48. The van der Waals surface area contributed by atoms with Crippen LogP contribution in [0.25, 0.3) is 10.9 Å². The number of likely N-dealkylation sites (tertiary alicyclic amines) is 1. The number of piperidine rings is 1. The van der Waals surface area contributed by atoms with Crippen LogP contribution < -0.4 is 10.2 Å². The lowest BCUT2D eigenvalue weighted by molar-refractivity contribution is -0.143. The second kappa shape index (κ2) is 12.2. The number of nitrogens with zero attached hydrogens (tertiary/aromatic N) is 2. The normalized spacial score (nSPS) is 15.9. The van der Waals surface area contributed by atoms with Crippen molar-refractivity contribution in [2.24, 2.45) is 5.41 Å². The first kappa shape index (κ1) is 25.9. The van der Waals surface area contributed by atoms with Crippen LogP contribution in [-0.2, 0) is 17.9 Å². The maximum Gasteiger partial charge on any atom is 0.249 e. The van der Waals surface area contributed by atoms with Gasteiger partial charge in [-0.2, -0.15) is 0 Å². The van der Waals surface area contributed by atoms with E-state index in [1.165, 1.54) is 4.21 Å². The third kappa shape index (κ3) is 6.14. The number of carbonyl (C=O) groups excluding carboxylic acids is 1. The largest absolute Gasteiger partial charge is 0.497 e. The lowest BCUT2D eigenvalue weighted by Gasteiger charge is -2.40. The molecule has 0 atom stereocenters. The number of aromatic nitrogens is 1. The number of methoxy groups -OCH3 is 1. The number of hydrogen-bond donors (Lipinski definition) is 2. The van der Waals surface area contributed by atoms with Crippen LogP contribution in [0.2, 0.25) is 0 Å². The van der Waals surface area contributed by atoms with Gasteiger partial charge >= 0.3 is 0 Å². The monoisotopic (exact) mass is 517 g/mol. The maximum absolute atomic E-state index is 13.8. The maximum atomic E-state index is 13.8. The number of amides is 1. The lowest BCUT2D eigenvalue weighted by Crippen LogP contribution is -2.48. The van der Waals surface area contributed by atoms with Gasteiger partial charge in [0.1, 0.15) is 12.4 Å². The molecule has 1 aliphatic rings. The number of ether oxygens (including phenoxy) is 1. The summed E-state index contributed by atoms with van der Waals surface area (Å²) in [6.45, 7) is 2.04. The van der Waals surface area contributed by atoms with Crippen molar-refractivity contribution < 1.29 is 19.1 Å².